The van der Waals surface area contributed by atoms with E-state index in [1.54, 1.807) is 0 Å². The van der Waals surface area contributed by atoms with Crippen molar-refractivity contribution in [2.75, 3.05) is 6.54 Å². The van der Waals surface area contributed by atoms with Gasteiger partial charge in [-0.2, -0.15) is 0 Å². The van der Waals surface area contributed by atoms with Crippen molar-refractivity contribution in [2.45, 2.75) is 64.5 Å². The van der Waals surface area contributed by atoms with Crippen molar-refractivity contribution in [3.8, 4) is 0 Å². The van der Waals surface area contributed by atoms with Crippen molar-refractivity contribution in [3.63, 3.8) is 0 Å². The van der Waals surface area contributed by atoms with Crippen molar-refractivity contribution in [1.82, 2.24) is 10.6 Å². The van der Waals surface area contributed by atoms with Crippen molar-refractivity contribution in [2.24, 2.45) is 0 Å². The summed E-state index contributed by atoms with van der Waals surface area (Å²) in [4.78, 5) is 11.6. The lowest BCUT2D eigenvalue weighted by Crippen LogP contribution is -2.47. The summed E-state index contributed by atoms with van der Waals surface area (Å²) < 4.78 is 0. The van der Waals surface area contributed by atoms with Gasteiger partial charge in [-0.25, -0.2) is 0 Å². The van der Waals surface area contributed by atoms with Crippen LogP contribution in [0.15, 0.2) is 0 Å². The minimum absolute atomic E-state index is 0.0420. The van der Waals surface area contributed by atoms with Gasteiger partial charge in [0.1, 0.15) is 0 Å². The Balaban J connectivity index is 2.20. The van der Waals surface area contributed by atoms with Crippen LogP contribution in [0.3, 0.4) is 0 Å². The fraction of sp³-hybridized carbons (Fsp3) is 0.917. The summed E-state index contributed by atoms with van der Waals surface area (Å²) in [5, 5.41) is 6.34. The van der Waals surface area contributed by atoms with E-state index in [9.17, 15) is 4.79 Å². The molecule has 0 spiro atoms. The minimum atomic E-state index is -0.0420. The third-order valence-electron chi connectivity index (χ3n) is 3.03. The van der Waals surface area contributed by atoms with Crippen LogP contribution in [0.1, 0.15) is 52.4 Å². The summed E-state index contributed by atoms with van der Waals surface area (Å²) in [5.74, 6) is 0.141. The predicted octanol–water partition coefficient (Wildman–Crippen LogP) is 1.82. The topological polar surface area (TPSA) is 41.1 Å². The maximum atomic E-state index is 11.6. The Morgan fingerprint density at radius 2 is 2.00 bits per heavy atom. The Morgan fingerprint density at radius 1 is 1.33 bits per heavy atom. The number of hydrogen-bond donors (Lipinski definition) is 2. The molecule has 1 aliphatic rings. The summed E-state index contributed by atoms with van der Waals surface area (Å²) >= 11 is 0. The fourth-order valence-corrected chi connectivity index (χ4v) is 2.10. The number of nitrogens with one attached hydrogen (secondary N) is 2. The molecule has 1 saturated carbocycles. The smallest absolute Gasteiger partial charge is 0.236 e. The normalized spacial score (nSPS) is 19.9. The lowest BCUT2D eigenvalue weighted by Gasteiger charge is -2.26. The minimum Gasteiger partial charge on any atom is -0.355 e. The molecule has 3 heteroatoms. The van der Waals surface area contributed by atoms with E-state index < -0.39 is 0 Å². The van der Waals surface area contributed by atoms with Crippen LogP contribution in [-0.2, 0) is 4.79 Å². The van der Waals surface area contributed by atoms with Crippen molar-refractivity contribution in [1.29, 1.82) is 0 Å². The van der Waals surface area contributed by atoms with Gasteiger partial charge in [-0.15, -0.1) is 0 Å². The third-order valence-corrected chi connectivity index (χ3v) is 3.03. The Labute approximate surface area is 93.0 Å². The van der Waals surface area contributed by atoms with E-state index in [2.05, 4.69) is 17.6 Å². The molecule has 0 heterocycles. The second-order valence-corrected chi connectivity index (χ2v) is 4.51. The van der Waals surface area contributed by atoms with Gasteiger partial charge >= 0.3 is 0 Å². The van der Waals surface area contributed by atoms with Gasteiger partial charge in [-0.05, 0) is 26.2 Å². The molecule has 1 aliphatic carbocycles. The van der Waals surface area contributed by atoms with Gasteiger partial charge in [0.2, 0.25) is 5.91 Å². The quantitative estimate of drug-likeness (QED) is 0.730. The molecular weight excluding hydrogens is 188 g/mol. The Kier molecular flexibility index (Phi) is 5.69. The average Bonchev–Trinajstić information content (AvgIpc) is 2.27. The van der Waals surface area contributed by atoms with E-state index in [1.165, 1.54) is 32.1 Å². The molecule has 88 valence electrons. The standard InChI is InChI=1S/C12H24N2O/c1-3-9-13-12(15)10(2)14-11-7-5-4-6-8-11/h10-11,14H,3-9H2,1-2H3,(H,13,15). The molecule has 0 bridgehead atoms. The van der Waals surface area contributed by atoms with Crippen molar-refractivity contribution < 1.29 is 4.79 Å². The molecule has 0 aliphatic heterocycles. The third kappa shape index (κ3) is 4.65. The van der Waals surface area contributed by atoms with E-state index in [-0.39, 0.29) is 11.9 Å². The summed E-state index contributed by atoms with van der Waals surface area (Å²) in [7, 11) is 0. The molecule has 0 saturated heterocycles. The predicted molar refractivity (Wildman–Crippen MR) is 62.8 cm³/mol. The molecule has 0 aromatic heterocycles. The maximum absolute atomic E-state index is 11.6. The average molecular weight is 212 g/mol. The van der Waals surface area contributed by atoms with Crippen molar-refractivity contribution in [3.05, 3.63) is 0 Å². The monoisotopic (exact) mass is 212 g/mol. The fourth-order valence-electron chi connectivity index (χ4n) is 2.10. The SMILES string of the molecule is CCCNC(=O)C(C)NC1CCCCC1. The summed E-state index contributed by atoms with van der Waals surface area (Å²) in [6.45, 7) is 4.81. The van der Waals surface area contributed by atoms with Gasteiger partial charge in [0.25, 0.3) is 0 Å². The van der Waals surface area contributed by atoms with Crippen LogP contribution in [0.25, 0.3) is 0 Å². The second-order valence-electron chi connectivity index (χ2n) is 4.51. The molecule has 1 atom stereocenters. The zero-order chi connectivity index (χ0) is 11.1. The van der Waals surface area contributed by atoms with Gasteiger partial charge in [-0.3, -0.25) is 4.79 Å². The van der Waals surface area contributed by atoms with E-state index in [0.717, 1.165) is 13.0 Å². The van der Waals surface area contributed by atoms with E-state index >= 15 is 0 Å². The molecule has 15 heavy (non-hydrogen) atoms. The van der Waals surface area contributed by atoms with Crippen LogP contribution in [0.5, 0.6) is 0 Å². The molecule has 1 rings (SSSR count). The molecule has 3 nitrogen and oxygen atoms in total. The number of rotatable bonds is 5. The number of hydrogen-bond acceptors (Lipinski definition) is 2. The van der Waals surface area contributed by atoms with Crippen LogP contribution in [0.2, 0.25) is 0 Å². The highest BCUT2D eigenvalue weighted by atomic mass is 16.2. The first-order chi connectivity index (χ1) is 7.24. The van der Waals surface area contributed by atoms with Gasteiger partial charge in [0, 0.05) is 12.6 Å². The van der Waals surface area contributed by atoms with Gasteiger partial charge in [0.15, 0.2) is 0 Å². The zero-order valence-electron chi connectivity index (χ0n) is 10.0. The van der Waals surface area contributed by atoms with Gasteiger partial charge < -0.3 is 10.6 Å². The lowest BCUT2D eigenvalue weighted by molar-refractivity contribution is -0.123. The van der Waals surface area contributed by atoms with Gasteiger partial charge in [0.05, 0.1) is 6.04 Å². The largest absolute Gasteiger partial charge is 0.355 e. The van der Waals surface area contributed by atoms with E-state index in [0.29, 0.717) is 6.04 Å². The number of carbonyl (C=O) groups is 1. The maximum Gasteiger partial charge on any atom is 0.236 e. The van der Waals surface area contributed by atoms with Gasteiger partial charge in [-0.1, -0.05) is 26.2 Å². The first-order valence-electron chi connectivity index (χ1n) is 6.27. The first kappa shape index (κ1) is 12.5. The van der Waals surface area contributed by atoms with E-state index in [1.807, 2.05) is 6.92 Å². The molecule has 1 unspecified atom stereocenters. The van der Waals surface area contributed by atoms with E-state index in [4.69, 9.17) is 0 Å². The highest BCUT2D eigenvalue weighted by Gasteiger charge is 2.18. The Hall–Kier alpha value is -0.570. The number of carbonyl (C=O) groups excluding carboxylic acids is 1. The molecule has 1 fully saturated rings. The van der Waals surface area contributed by atoms with Crippen LogP contribution in [0.4, 0.5) is 0 Å². The summed E-state index contributed by atoms with van der Waals surface area (Å²) in [5.41, 5.74) is 0. The second kappa shape index (κ2) is 6.83. The van der Waals surface area contributed by atoms with Crippen molar-refractivity contribution >= 4 is 5.91 Å². The summed E-state index contributed by atoms with van der Waals surface area (Å²) in [6.07, 6.45) is 7.43. The lowest BCUT2D eigenvalue weighted by atomic mass is 9.95. The summed E-state index contributed by atoms with van der Waals surface area (Å²) in [6, 6.07) is 0.515. The Bertz CT molecular complexity index is 188. The molecule has 0 aromatic rings. The molecule has 2 N–H and O–H groups in total. The molecule has 0 aromatic carbocycles. The number of amides is 1. The highest BCUT2D eigenvalue weighted by Crippen LogP contribution is 2.17. The Morgan fingerprint density at radius 3 is 2.60 bits per heavy atom. The van der Waals surface area contributed by atoms with Crippen LogP contribution >= 0.6 is 0 Å². The molecule has 1 amide bonds. The van der Waals surface area contributed by atoms with Crippen LogP contribution in [0, 0.1) is 0 Å². The molecular formula is C12H24N2O. The first-order valence-corrected chi connectivity index (χ1v) is 6.27. The highest BCUT2D eigenvalue weighted by molar-refractivity contribution is 5.81. The van der Waals surface area contributed by atoms with Crippen LogP contribution in [-0.4, -0.2) is 24.5 Å². The molecule has 0 radical (unpaired) electrons. The van der Waals surface area contributed by atoms with Crippen LogP contribution < -0.4 is 10.6 Å². The zero-order valence-corrected chi connectivity index (χ0v) is 10.0.